The van der Waals surface area contributed by atoms with Gasteiger partial charge in [-0.05, 0) is 52.0 Å². The van der Waals surface area contributed by atoms with E-state index in [1.54, 1.807) is 20.3 Å². The van der Waals surface area contributed by atoms with Gasteiger partial charge in [-0.15, -0.1) is 0 Å². The molecule has 0 unspecified atom stereocenters. The molecule has 0 heterocycles. The highest BCUT2D eigenvalue weighted by Crippen LogP contribution is 2.29. The molecule has 0 aliphatic rings. The molecule has 0 saturated carbocycles. The SMILES string of the molecule is COc1ccc(C=CN(C)CCOc2ccc([N+](=O)[O-])cc2Br)cc1OC. The molecular formula is C19H21BrN2O5. The van der Waals surface area contributed by atoms with Crippen LogP contribution in [0.25, 0.3) is 6.08 Å². The Morgan fingerprint density at radius 3 is 2.44 bits per heavy atom. The number of benzene rings is 2. The summed E-state index contributed by atoms with van der Waals surface area (Å²) in [5.41, 5.74) is 1.00. The maximum atomic E-state index is 10.7. The number of hydrogen-bond acceptors (Lipinski definition) is 6. The number of methoxy groups -OCH3 is 2. The second-order valence-electron chi connectivity index (χ2n) is 5.63. The number of nitro groups is 1. The molecule has 27 heavy (non-hydrogen) atoms. The van der Waals surface area contributed by atoms with E-state index in [4.69, 9.17) is 14.2 Å². The summed E-state index contributed by atoms with van der Waals surface area (Å²) >= 11 is 3.29. The topological polar surface area (TPSA) is 74.1 Å². The van der Waals surface area contributed by atoms with Crippen molar-refractivity contribution in [3.05, 3.63) is 62.7 Å². The van der Waals surface area contributed by atoms with Crippen molar-refractivity contribution in [2.45, 2.75) is 0 Å². The van der Waals surface area contributed by atoms with Gasteiger partial charge in [0, 0.05) is 19.2 Å². The van der Waals surface area contributed by atoms with Crippen LogP contribution in [0.15, 0.2) is 47.1 Å². The smallest absolute Gasteiger partial charge is 0.270 e. The van der Waals surface area contributed by atoms with Crippen molar-refractivity contribution < 1.29 is 19.1 Å². The second-order valence-corrected chi connectivity index (χ2v) is 6.49. The standard InChI is InChI=1S/C19H21BrN2O5/c1-21(9-8-14-4-6-18(25-2)19(12-14)26-3)10-11-27-17-7-5-15(22(23)24)13-16(17)20/h4-9,12-13H,10-11H2,1-3H3. The molecule has 0 amide bonds. The zero-order chi connectivity index (χ0) is 19.8. The Kier molecular flexibility index (Phi) is 7.48. The van der Waals surface area contributed by atoms with Crippen LogP contribution in [0.3, 0.4) is 0 Å². The number of likely N-dealkylation sites (N-methyl/N-ethyl adjacent to an activating group) is 1. The van der Waals surface area contributed by atoms with Crippen molar-refractivity contribution >= 4 is 27.7 Å². The Morgan fingerprint density at radius 2 is 1.81 bits per heavy atom. The van der Waals surface area contributed by atoms with Crippen molar-refractivity contribution in [2.24, 2.45) is 0 Å². The largest absolute Gasteiger partial charge is 0.493 e. The van der Waals surface area contributed by atoms with Crippen LogP contribution in [-0.4, -0.2) is 44.2 Å². The van der Waals surface area contributed by atoms with Crippen molar-refractivity contribution in [1.29, 1.82) is 0 Å². The van der Waals surface area contributed by atoms with E-state index in [1.165, 1.54) is 12.1 Å². The van der Waals surface area contributed by atoms with Gasteiger partial charge in [-0.3, -0.25) is 10.1 Å². The van der Waals surface area contributed by atoms with Crippen LogP contribution in [0.5, 0.6) is 17.2 Å². The van der Waals surface area contributed by atoms with Crippen molar-refractivity contribution in [3.63, 3.8) is 0 Å². The number of nitrogens with zero attached hydrogens (tertiary/aromatic N) is 2. The molecule has 0 aromatic heterocycles. The number of nitro benzene ring substituents is 1. The summed E-state index contributed by atoms with van der Waals surface area (Å²) < 4.78 is 16.8. The summed E-state index contributed by atoms with van der Waals surface area (Å²) in [4.78, 5) is 12.3. The van der Waals surface area contributed by atoms with Gasteiger partial charge >= 0.3 is 0 Å². The monoisotopic (exact) mass is 436 g/mol. The van der Waals surface area contributed by atoms with Gasteiger partial charge in [0.05, 0.1) is 30.2 Å². The van der Waals surface area contributed by atoms with E-state index in [-0.39, 0.29) is 5.69 Å². The van der Waals surface area contributed by atoms with Crippen LogP contribution in [0.2, 0.25) is 0 Å². The zero-order valence-electron chi connectivity index (χ0n) is 15.3. The minimum absolute atomic E-state index is 0.0178. The third-order valence-electron chi connectivity index (χ3n) is 3.76. The first kappa shape index (κ1) is 20.6. The van der Waals surface area contributed by atoms with Gasteiger partial charge in [-0.2, -0.15) is 0 Å². The molecule has 0 fully saturated rings. The van der Waals surface area contributed by atoms with Gasteiger partial charge in [0.2, 0.25) is 0 Å². The molecule has 8 heteroatoms. The number of ether oxygens (including phenoxy) is 3. The molecule has 0 aliphatic heterocycles. The fourth-order valence-electron chi connectivity index (χ4n) is 2.26. The van der Waals surface area contributed by atoms with E-state index in [9.17, 15) is 10.1 Å². The van der Waals surface area contributed by atoms with Crippen molar-refractivity contribution in [1.82, 2.24) is 4.90 Å². The van der Waals surface area contributed by atoms with Crippen molar-refractivity contribution in [3.8, 4) is 17.2 Å². The normalized spacial score (nSPS) is 10.7. The molecule has 2 aromatic rings. The highest BCUT2D eigenvalue weighted by atomic mass is 79.9. The van der Waals surface area contributed by atoms with E-state index < -0.39 is 4.92 Å². The maximum absolute atomic E-state index is 10.7. The number of non-ortho nitro benzene ring substituents is 1. The van der Waals surface area contributed by atoms with Gasteiger partial charge < -0.3 is 19.1 Å². The Bertz CT molecular complexity index is 826. The molecule has 2 rings (SSSR count). The van der Waals surface area contributed by atoms with Gasteiger partial charge in [0.1, 0.15) is 12.4 Å². The Morgan fingerprint density at radius 1 is 1.11 bits per heavy atom. The van der Waals surface area contributed by atoms with Gasteiger partial charge in [0.15, 0.2) is 11.5 Å². The van der Waals surface area contributed by atoms with E-state index in [0.29, 0.717) is 34.9 Å². The highest BCUT2D eigenvalue weighted by molar-refractivity contribution is 9.10. The summed E-state index contributed by atoms with van der Waals surface area (Å²) in [6, 6.07) is 10.1. The summed E-state index contributed by atoms with van der Waals surface area (Å²) in [6.45, 7) is 1.08. The molecule has 0 atom stereocenters. The zero-order valence-corrected chi connectivity index (χ0v) is 16.9. The predicted octanol–water partition coefficient (Wildman–Crippen LogP) is 4.36. The summed E-state index contributed by atoms with van der Waals surface area (Å²) in [5, 5.41) is 10.7. The van der Waals surface area contributed by atoms with Gasteiger partial charge in [-0.1, -0.05) is 6.07 Å². The van der Waals surface area contributed by atoms with Crippen molar-refractivity contribution in [2.75, 3.05) is 34.4 Å². The predicted molar refractivity (Wildman–Crippen MR) is 108 cm³/mol. The van der Waals surface area contributed by atoms with Crippen LogP contribution in [0.1, 0.15) is 5.56 Å². The molecule has 0 aliphatic carbocycles. The minimum Gasteiger partial charge on any atom is -0.493 e. The van der Waals surface area contributed by atoms with E-state index in [2.05, 4.69) is 15.9 Å². The number of rotatable bonds is 9. The lowest BCUT2D eigenvalue weighted by Crippen LogP contribution is -2.18. The molecule has 0 saturated heterocycles. The fraction of sp³-hybridized carbons (Fsp3) is 0.263. The van der Waals surface area contributed by atoms with Gasteiger partial charge in [-0.25, -0.2) is 0 Å². The van der Waals surface area contributed by atoms with Gasteiger partial charge in [0.25, 0.3) is 5.69 Å². The average Bonchev–Trinajstić information content (AvgIpc) is 2.67. The Hall–Kier alpha value is -2.74. The third kappa shape index (κ3) is 5.89. The second kappa shape index (κ2) is 9.82. The fourth-order valence-corrected chi connectivity index (χ4v) is 2.75. The molecule has 0 radical (unpaired) electrons. The highest BCUT2D eigenvalue weighted by Gasteiger charge is 2.10. The van der Waals surface area contributed by atoms with Crippen LogP contribution in [0.4, 0.5) is 5.69 Å². The third-order valence-corrected chi connectivity index (χ3v) is 4.38. The molecule has 7 nitrogen and oxygen atoms in total. The summed E-state index contributed by atoms with van der Waals surface area (Å²) in [7, 11) is 5.14. The van der Waals surface area contributed by atoms with Crippen LogP contribution >= 0.6 is 15.9 Å². The maximum Gasteiger partial charge on any atom is 0.270 e. The molecule has 0 spiro atoms. The summed E-state index contributed by atoms with van der Waals surface area (Å²) in [5.74, 6) is 1.93. The average molecular weight is 437 g/mol. The lowest BCUT2D eigenvalue weighted by atomic mass is 10.2. The minimum atomic E-state index is -0.443. The molecule has 144 valence electrons. The Labute approximate surface area is 166 Å². The van der Waals surface area contributed by atoms with E-state index in [0.717, 1.165) is 5.56 Å². The first-order valence-electron chi connectivity index (χ1n) is 8.11. The molecule has 2 aromatic carbocycles. The Balaban J connectivity index is 1.88. The lowest BCUT2D eigenvalue weighted by molar-refractivity contribution is -0.385. The first-order valence-corrected chi connectivity index (χ1v) is 8.91. The molecule has 0 N–H and O–H groups in total. The van der Waals surface area contributed by atoms with E-state index in [1.807, 2.05) is 42.4 Å². The lowest BCUT2D eigenvalue weighted by Gasteiger charge is -2.15. The quantitative estimate of drug-likeness (QED) is 0.429. The van der Waals surface area contributed by atoms with Crippen LogP contribution < -0.4 is 14.2 Å². The number of halogens is 1. The van der Waals surface area contributed by atoms with E-state index >= 15 is 0 Å². The molecule has 0 bridgehead atoms. The first-order chi connectivity index (χ1) is 12.9. The number of hydrogen-bond donors (Lipinski definition) is 0. The van der Waals surface area contributed by atoms with Crippen LogP contribution in [-0.2, 0) is 0 Å². The van der Waals surface area contributed by atoms with Crippen LogP contribution in [0, 0.1) is 10.1 Å². The summed E-state index contributed by atoms with van der Waals surface area (Å²) in [6.07, 6.45) is 3.90. The molecular weight excluding hydrogens is 416 g/mol.